The van der Waals surface area contributed by atoms with E-state index >= 15 is 0 Å². The SMILES string of the molecule is CCCC(CC)Nc1cc([N+](=O)[O-])ccc1F. The van der Waals surface area contributed by atoms with Crippen LogP contribution in [0.5, 0.6) is 0 Å². The molecule has 1 N–H and O–H groups in total. The summed E-state index contributed by atoms with van der Waals surface area (Å²) in [6.45, 7) is 4.05. The molecule has 4 nitrogen and oxygen atoms in total. The minimum atomic E-state index is -0.522. The number of nitro benzene ring substituents is 1. The van der Waals surface area contributed by atoms with Gasteiger partial charge in [-0.3, -0.25) is 10.1 Å². The van der Waals surface area contributed by atoms with Gasteiger partial charge in [-0.1, -0.05) is 20.3 Å². The van der Waals surface area contributed by atoms with E-state index in [0.29, 0.717) is 0 Å². The Balaban J connectivity index is 2.88. The van der Waals surface area contributed by atoms with E-state index in [1.807, 2.05) is 13.8 Å². The van der Waals surface area contributed by atoms with Crippen molar-refractivity contribution in [2.75, 3.05) is 5.32 Å². The Labute approximate surface area is 100.0 Å². The zero-order valence-corrected chi connectivity index (χ0v) is 10.1. The van der Waals surface area contributed by atoms with Gasteiger partial charge in [-0.25, -0.2) is 4.39 Å². The summed E-state index contributed by atoms with van der Waals surface area (Å²) in [5.41, 5.74) is 0.111. The van der Waals surface area contributed by atoms with Crippen molar-refractivity contribution in [3.05, 3.63) is 34.1 Å². The van der Waals surface area contributed by atoms with Crippen LogP contribution in [0, 0.1) is 15.9 Å². The maximum absolute atomic E-state index is 13.5. The fraction of sp³-hybridized carbons (Fsp3) is 0.500. The van der Waals surface area contributed by atoms with Gasteiger partial charge >= 0.3 is 0 Å². The molecule has 0 saturated heterocycles. The molecule has 0 radical (unpaired) electrons. The Morgan fingerprint density at radius 1 is 1.47 bits per heavy atom. The summed E-state index contributed by atoms with van der Waals surface area (Å²) in [5.74, 6) is -0.454. The molecule has 0 bridgehead atoms. The van der Waals surface area contributed by atoms with Gasteiger partial charge < -0.3 is 5.32 Å². The molecule has 0 aliphatic heterocycles. The van der Waals surface area contributed by atoms with Gasteiger partial charge in [0.2, 0.25) is 0 Å². The minimum absolute atomic E-state index is 0.0970. The first-order valence-electron chi connectivity index (χ1n) is 5.79. The highest BCUT2D eigenvalue weighted by atomic mass is 19.1. The van der Waals surface area contributed by atoms with Crippen LogP contribution in [0.25, 0.3) is 0 Å². The third-order valence-electron chi connectivity index (χ3n) is 2.65. The Morgan fingerprint density at radius 2 is 2.18 bits per heavy atom. The van der Waals surface area contributed by atoms with E-state index in [9.17, 15) is 14.5 Å². The molecule has 0 heterocycles. The van der Waals surface area contributed by atoms with E-state index in [-0.39, 0.29) is 17.4 Å². The van der Waals surface area contributed by atoms with Crippen LogP contribution >= 0.6 is 0 Å². The van der Waals surface area contributed by atoms with Crippen molar-refractivity contribution in [1.29, 1.82) is 0 Å². The van der Waals surface area contributed by atoms with Crippen molar-refractivity contribution < 1.29 is 9.31 Å². The smallest absolute Gasteiger partial charge is 0.271 e. The maximum Gasteiger partial charge on any atom is 0.271 e. The highest BCUT2D eigenvalue weighted by Crippen LogP contribution is 2.23. The standard InChI is InChI=1S/C12H17FN2O2/c1-3-5-9(4-2)14-12-8-10(15(16)17)6-7-11(12)13/h6-9,14H,3-5H2,1-2H3. The van der Waals surface area contributed by atoms with Crippen molar-refractivity contribution in [3.8, 4) is 0 Å². The van der Waals surface area contributed by atoms with Crippen molar-refractivity contribution >= 4 is 11.4 Å². The fourth-order valence-electron chi connectivity index (χ4n) is 1.68. The lowest BCUT2D eigenvalue weighted by atomic mass is 10.1. The average Bonchev–Trinajstić information content (AvgIpc) is 2.30. The minimum Gasteiger partial charge on any atom is -0.380 e. The molecule has 0 fully saturated rings. The molecule has 1 unspecified atom stereocenters. The van der Waals surface area contributed by atoms with Gasteiger partial charge in [-0.2, -0.15) is 0 Å². The molecule has 1 aromatic rings. The summed E-state index contributed by atoms with van der Waals surface area (Å²) in [6, 6.07) is 3.69. The molecule has 1 rings (SSSR count). The first-order valence-corrected chi connectivity index (χ1v) is 5.79. The highest BCUT2D eigenvalue weighted by Gasteiger charge is 2.13. The number of anilines is 1. The van der Waals surface area contributed by atoms with Crippen molar-refractivity contribution in [2.45, 2.75) is 39.2 Å². The van der Waals surface area contributed by atoms with E-state index < -0.39 is 10.7 Å². The van der Waals surface area contributed by atoms with Gasteiger partial charge in [-0.15, -0.1) is 0 Å². The lowest BCUT2D eigenvalue weighted by molar-refractivity contribution is -0.384. The molecule has 0 aromatic heterocycles. The molecule has 1 aromatic carbocycles. The molecular weight excluding hydrogens is 223 g/mol. The summed E-state index contributed by atoms with van der Waals surface area (Å²) < 4.78 is 13.5. The van der Waals surface area contributed by atoms with Crippen LogP contribution in [0.3, 0.4) is 0 Å². The molecule has 17 heavy (non-hydrogen) atoms. The summed E-state index contributed by atoms with van der Waals surface area (Å²) >= 11 is 0. The predicted molar refractivity (Wildman–Crippen MR) is 65.7 cm³/mol. The lowest BCUT2D eigenvalue weighted by Gasteiger charge is -2.17. The quantitative estimate of drug-likeness (QED) is 0.609. The predicted octanol–water partition coefficient (Wildman–Crippen LogP) is 3.72. The maximum atomic E-state index is 13.5. The number of nitro groups is 1. The van der Waals surface area contributed by atoms with Crippen molar-refractivity contribution in [3.63, 3.8) is 0 Å². The summed E-state index contributed by atoms with van der Waals surface area (Å²) in [4.78, 5) is 10.1. The fourth-order valence-corrected chi connectivity index (χ4v) is 1.68. The van der Waals surface area contributed by atoms with Gasteiger partial charge in [0.1, 0.15) is 5.82 Å². The molecular formula is C12H17FN2O2. The second-order valence-corrected chi connectivity index (χ2v) is 3.96. The van der Waals surface area contributed by atoms with Crippen LogP contribution < -0.4 is 5.32 Å². The number of non-ortho nitro benzene ring substituents is 1. The second kappa shape index (κ2) is 6.18. The van der Waals surface area contributed by atoms with Crippen molar-refractivity contribution in [2.24, 2.45) is 0 Å². The van der Waals surface area contributed by atoms with Crippen LogP contribution in [-0.2, 0) is 0 Å². The number of hydrogen-bond acceptors (Lipinski definition) is 3. The summed E-state index contributed by atoms with van der Waals surface area (Å²) in [5, 5.41) is 13.6. The average molecular weight is 240 g/mol. The second-order valence-electron chi connectivity index (χ2n) is 3.96. The van der Waals surface area contributed by atoms with Crippen LogP contribution in [0.15, 0.2) is 18.2 Å². The number of halogens is 1. The normalized spacial score (nSPS) is 12.2. The van der Waals surface area contributed by atoms with Crippen LogP contribution in [0.1, 0.15) is 33.1 Å². The summed E-state index contributed by atoms with van der Waals surface area (Å²) in [7, 11) is 0. The number of nitrogens with zero attached hydrogens (tertiary/aromatic N) is 1. The van der Waals surface area contributed by atoms with Gasteiger partial charge in [0.05, 0.1) is 10.6 Å². The third-order valence-corrected chi connectivity index (χ3v) is 2.65. The van der Waals surface area contributed by atoms with Gasteiger partial charge in [0.25, 0.3) is 5.69 Å². The topological polar surface area (TPSA) is 55.2 Å². The third kappa shape index (κ3) is 3.69. The Morgan fingerprint density at radius 3 is 2.71 bits per heavy atom. The number of rotatable bonds is 6. The Hall–Kier alpha value is -1.65. The molecule has 0 saturated carbocycles. The first-order chi connectivity index (χ1) is 8.08. The Kier molecular flexibility index (Phi) is 4.87. The van der Waals surface area contributed by atoms with Crippen LogP contribution in [0.4, 0.5) is 15.8 Å². The monoisotopic (exact) mass is 240 g/mol. The molecule has 5 heteroatoms. The van der Waals surface area contributed by atoms with Gasteiger partial charge in [0.15, 0.2) is 0 Å². The van der Waals surface area contributed by atoms with Gasteiger partial charge in [-0.05, 0) is 18.9 Å². The molecule has 94 valence electrons. The molecule has 0 aliphatic rings. The number of benzene rings is 1. The lowest BCUT2D eigenvalue weighted by Crippen LogP contribution is -2.18. The zero-order chi connectivity index (χ0) is 12.8. The van der Waals surface area contributed by atoms with E-state index in [0.717, 1.165) is 25.3 Å². The van der Waals surface area contributed by atoms with Gasteiger partial charge in [0, 0.05) is 18.2 Å². The van der Waals surface area contributed by atoms with Crippen LogP contribution in [-0.4, -0.2) is 11.0 Å². The number of nitrogens with one attached hydrogen (secondary N) is 1. The molecule has 0 spiro atoms. The van der Waals surface area contributed by atoms with E-state index in [2.05, 4.69) is 5.32 Å². The molecule has 0 amide bonds. The van der Waals surface area contributed by atoms with E-state index in [4.69, 9.17) is 0 Å². The Bertz CT molecular complexity index is 396. The summed E-state index contributed by atoms with van der Waals surface area (Å²) in [6.07, 6.45) is 2.76. The first kappa shape index (κ1) is 13.4. The van der Waals surface area contributed by atoms with Crippen molar-refractivity contribution in [1.82, 2.24) is 0 Å². The molecule has 1 atom stereocenters. The number of hydrogen-bond donors (Lipinski definition) is 1. The van der Waals surface area contributed by atoms with Crippen LogP contribution in [0.2, 0.25) is 0 Å². The molecule has 0 aliphatic carbocycles. The largest absolute Gasteiger partial charge is 0.380 e. The zero-order valence-electron chi connectivity index (χ0n) is 10.1. The highest BCUT2D eigenvalue weighted by molar-refractivity contribution is 5.52. The van der Waals surface area contributed by atoms with E-state index in [1.54, 1.807) is 0 Å². The van der Waals surface area contributed by atoms with E-state index in [1.165, 1.54) is 12.1 Å².